The van der Waals surface area contributed by atoms with Gasteiger partial charge in [-0.1, -0.05) is 60.7 Å². The molecule has 308 valence electrons. The first kappa shape index (κ1) is 40.6. The summed E-state index contributed by atoms with van der Waals surface area (Å²) >= 11 is 0. The number of tetrazole rings is 1. The molecule has 0 aliphatic carbocycles. The Morgan fingerprint density at radius 2 is 1.63 bits per heavy atom. The second-order valence-electron chi connectivity index (χ2n) is 13.7. The van der Waals surface area contributed by atoms with Gasteiger partial charge < -0.3 is 35.6 Å². The number of ether oxygens (including phenoxy) is 1. The molecule has 1 amide bonds. The van der Waals surface area contributed by atoms with Gasteiger partial charge in [0.05, 0.1) is 12.9 Å². The quantitative estimate of drug-likeness (QED) is 0.127. The zero-order chi connectivity index (χ0) is 41.7. The highest BCUT2D eigenvalue weighted by atomic mass is 19.4. The molecule has 2 aromatic carbocycles. The lowest BCUT2D eigenvalue weighted by Crippen LogP contribution is -2.37. The molecular formula is C38H39F3N12O6. The minimum atomic E-state index is -5.08. The maximum Gasteiger partial charge on any atom is 0.490 e. The summed E-state index contributed by atoms with van der Waals surface area (Å²) in [5.41, 5.74) is 3.68. The number of aliphatic hydroxyl groups is 2. The van der Waals surface area contributed by atoms with Gasteiger partial charge in [-0.15, -0.1) is 10.2 Å². The molecule has 0 spiro atoms. The number of carbonyl (C=O) groups excluding carboxylic acids is 1. The van der Waals surface area contributed by atoms with Crippen LogP contribution in [0.1, 0.15) is 58.9 Å². The topological polar surface area (TPSA) is 231 Å². The number of aryl methyl sites for hydroxylation is 1. The lowest BCUT2D eigenvalue weighted by Gasteiger charge is -2.22. The number of hydrogen-bond donors (Lipinski definition) is 5. The molecule has 5 atom stereocenters. The van der Waals surface area contributed by atoms with Crippen LogP contribution in [0.4, 0.5) is 24.9 Å². The van der Waals surface area contributed by atoms with Gasteiger partial charge in [0.1, 0.15) is 12.2 Å². The molecule has 21 heteroatoms. The fraction of sp³-hybridized carbons (Fsp3) is 0.342. The Hall–Kier alpha value is -6.58. The van der Waals surface area contributed by atoms with E-state index in [1.165, 1.54) is 11.1 Å². The first-order chi connectivity index (χ1) is 28.4. The summed E-state index contributed by atoms with van der Waals surface area (Å²) in [4.78, 5) is 43.9. The number of carboxylic acids is 1. The Bertz CT molecular complexity index is 2310. The van der Waals surface area contributed by atoms with E-state index in [0.717, 1.165) is 11.1 Å². The summed E-state index contributed by atoms with van der Waals surface area (Å²) in [6.45, 7) is 3.94. The van der Waals surface area contributed by atoms with Crippen molar-refractivity contribution in [2.24, 2.45) is 0 Å². The third-order valence-electron chi connectivity index (χ3n) is 9.80. The number of benzene rings is 2. The number of amides is 1. The number of carbonyl (C=O) groups is 2. The van der Waals surface area contributed by atoms with Gasteiger partial charge in [0.25, 0.3) is 5.91 Å². The molecule has 4 aromatic heterocycles. The van der Waals surface area contributed by atoms with Crippen molar-refractivity contribution in [3.05, 3.63) is 114 Å². The smallest absolute Gasteiger partial charge is 0.475 e. The van der Waals surface area contributed by atoms with Crippen LogP contribution < -0.4 is 15.5 Å². The number of carboxylic acid groups (broad SMARTS) is 1. The first-order valence-corrected chi connectivity index (χ1v) is 18.5. The Morgan fingerprint density at radius 3 is 2.24 bits per heavy atom. The van der Waals surface area contributed by atoms with E-state index in [0.29, 0.717) is 61.1 Å². The molecule has 8 rings (SSSR count). The van der Waals surface area contributed by atoms with Crippen molar-refractivity contribution in [2.45, 2.75) is 62.6 Å². The number of rotatable bonds is 11. The van der Waals surface area contributed by atoms with E-state index in [-0.39, 0.29) is 23.7 Å². The summed E-state index contributed by atoms with van der Waals surface area (Å²) in [6, 6.07) is 23.7. The van der Waals surface area contributed by atoms with E-state index in [9.17, 15) is 28.2 Å². The second kappa shape index (κ2) is 17.5. The Morgan fingerprint density at radius 1 is 0.966 bits per heavy atom. The average Bonchev–Trinajstić information content (AvgIpc) is 4.06. The predicted molar refractivity (Wildman–Crippen MR) is 203 cm³/mol. The van der Waals surface area contributed by atoms with Crippen LogP contribution in [0.3, 0.4) is 0 Å². The van der Waals surface area contributed by atoms with Gasteiger partial charge in [0.15, 0.2) is 29.3 Å². The largest absolute Gasteiger partial charge is 0.490 e. The Kier molecular flexibility index (Phi) is 12.0. The monoisotopic (exact) mass is 816 g/mol. The maximum atomic E-state index is 12.9. The number of alkyl halides is 3. The van der Waals surface area contributed by atoms with Gasteiger partial charge in [-0.05, 0) is 41.8 Å². The highest BCUT2D eigenvalue weighted by Crippen LogP contribution is 2.39. The predicted octanol–water partition coefficient (Wildman–Crippen LogP) is 3.11. The fourth-order valence-electron chi connectivity index (χ4n) is 6.79. The molecule has 5 N–H and O–H groups in total. The lowest BCUT2D eigenvalue weighted by molar-refractivity contribution is -0.192. The normalized spacial score (nSPS) is 20.4. The molecule has 59 heavy (non-hydrogen) atoms. The van der Waals surface area contributed by atoms with Gasteiger partial charge in [-0.3, -0.25) is 14.3 Å². The number of aliphatic hydroxyl groups excluding tert-OH is 2. The minimum Gasteiger partial charge on any atom is -0.475 e. The number of pyridine rings is 1. The molecule has 2 aliphatic rings. The van der Waals surface area contributed by atoms with Crippen molar-refractivity contribution < 1.29 is 42.8 Å². The molecule has 2 saturated heterocycles. The van der Waals surface area contributed by atoms with E-state index >= 15 is 0 Å². The van der Waals surface area contributed by atoms with E-state index in [1.54, 1.807) is 29.1 Å². The summed E-state index contributed by atoms with van der Waals surface area (Å²) in [5.74, 6) is -1.84. The first-order valence-electron chi connectivity index (χ1n) is 18.5. The van der Waals surface area contributed by atoms with E-state index in [4.69, 9.17) is 29.6 Å². The molecular weight excluding hydrogens is 777 g/mol. The van der Waals surface area contributed by atoms with Crippen LogP contribution in [0.2, 0.25) is 0 Å². The molecule has 18 nitrogen and oxygen atoms in total. The third-order valence-corrected chi connectivity index (χ3v) is 9.80. The molecule has 0 radical (unpaired) electrons. The van der Waals surface area contributed by atoms with Crippen LogP contribution in [0.5, 0.6) is 0 Å². The van der Waals surface area contributed by atoms with Crippen molar-refractivity contribution in [3.63, 3.8) is 0 Å². The zero-order valence-corrected chi connectivity index (χ0v) is 31.3. The van der Waals surface area contributed by atoms with Gasteiger partial charge in [-0.25, -0.2) is 9.78 Å². The number of fused-ring (bicyclic) bond motifs is 1. The van der Waals surface area contributed by atoms with Crippen LogP contribution >= 0.6 is 0 Å². The number of halogens is 3. The summed E-state index contributed by atoms with van der Waals surface area (Å²) in [7, 11) is 0. The lowest BCUT2D eigenvalue weighted by atomic mass is 9.91. The van der Waals surface area contributed by atoms with E-state index in [1.807, 2.05) is 48.2 Å². The molecule has 6 aromatic rings. The number of nitrogens with one attached hydrogen (secondary N) is 2. The molecule has 0 saturated carbocycles. The molecule has 6 heterocycles. The highest BCUT2D eigenvalue weighted by Gasteiger charge is 2.47. The summed E-state index contributed by atoms with van der Waals surface area (Å²) < 4.78 is 39.5. The van der Waals surface area contributed by atoms with Crippen LogP contribution in [-0.4, -0.2) is 116 Å². The molecule has 2 fully saturated rings. The van der Waals surface area contributed by atoms with Crippen LogP contribution in [-0.2, 0) is 16.1 Å². The van der Waals surface area contributed by atoms with Crippen LogP contribution in [0, 0.1) is 0 Å². The third kappa shape index (κ3) is 9.11. The average molecular weight is 817 g/mol. The zero-order valence-electron chi connectivity index (χ0n) is 31.3. The van der Waals surface area contributed by atoms with Gasteiger partial charge >= 0.3 is 12.1 Å². The van der Waals surface area contributed by atoms with Gasteiger partial charge in [0, 0.05) is 49.6 Å². The van der Waals surface area contributed by atoms with E-state index in [2.05, 4.69) is 55.3 Å². The Labute approximate surface area is 333 Å². The van der Waals surface area contributed by atoms with Crippen LogP contribution in [0.15, 0.2) is 91.5 Å². The number of imidazole rings is 1. The van der Waals surface area contributed by atoms with E-state index < -0.39 is 36.7 Å². The maximum absolute atomic E-state index is 12.9. The van der Waals surface area contributed by atoms with Crippen molar-refractivity contribution in [1.82, 2.24) is 50.0 Å². The highest BCUT2D eigenvalue weighted by molar-refractivity contribution is 5.94. The number of hydrogen-bond acceptors (Lipinski definition) is 14. The standard InChI is InChI=1S/C36H38N12O4.C2HF3O2/c1-2-48-44-32(43-45-48)30-28(49)29(50)35(52-30)47-21-39-27-31(38-19-26(22-9-5-3-6-10-22)23-11-7-4-8-12-23)41-36(42-33(27)47)46-18-15-25(20-46)40-34(51)24-13-16-37-17-14-24;3-2(4,5)1(6)7/h3-14,16-17,21,25-26,28-30,35,49-50H,2,15,18-20H2,1H3,(H,40,51)(H,38,41,42);(H,6,7)/t25-,28+,29-,30+,35-;/m1./s1. The summed E-state index contributed by atoms with van der Waals surface area (Å²) in [6.07, 6.45) is -4.42. The van der Waals surface area contributed by atoms with Crippen molar-refractivity contribution in [1.29, 1.82) is 0 Å². The number of aromatic nitrogens is 9. The van der Waals surface area contributed by atoms with Gasteiger partial charge in [-0.2, -0.15) is 27.9 Å². The second-order valence-corrected chi connectivity index (χ2v) is 13.7. The number of anilines is 2. The SMILES string of the molecule is CCn1nnc([C@H]2O[C@@H](n3cnc4c(NCC(c5ccccc5)c5ccccc5)nc(N5CC[C@@H](NC(=O)c6ccncc6)C5)nc43)[C@H](O)[C@@H]2O)n1.O=C(O)C(F)(F)F. The molecule has 0 unspecified atom stereocenters. The summed E-state index contributed by atoms with van der Waals surface area (Å²) in [5, 5.41) is 48.4. The minimum absolute atomic E-state index is 0.00236. The fourth-order valence-corrected chi connectivity index (χ4v) is 6.79. The van der Waals surface area contributed by atoms with Crippen molar-refractivity contribution >= 4 is 34.8 Å². The van der Waals surface area contributed by atoms with Crippen molar-refractivity contribution in [3.8, 4) is 0 Å². The Balaban J connectivity index is 0.000000694. The van der Waals surface area contributed by atoms with Crippen molar-refractivity contribution in [2.75, 3.05) is 29.9 Å². The molecule has 0 bridgehead atoms. The number of nitrogens with zero attached hydrogens (tertiary/aromatic N) is 10. The van der Waals surface area contributed by atoms with Crippen LogP contribution in [0.25, 0.3) is 11.2 Å². The van der Waals surface area contributed by atoms with Gasteiger partial charge in [0.2, 0.25) is 11.8 Å². The molecule has 2 aliphatic heterocycles. The number of aliphatic carboxylic acids is 1.